The monoisotopic (exact) mass is 269 g/mol. The third-order valence-corrected chi connectivity index (χ3v) is 2.92. The number of hydrogen-bond acceptors (Lipinski definition) is 3. The highest BCUT2D eigenvalue weighted by Crippen LogP contribution is 2.12. The first-order valence-electron chi connectivity index (χ1n) is 6.72. The van der Waals surface area contributed by atoms with Crippen molar-refractivity contribution in [2.24, 2.45) is 0 Å². The van der Waals surface area contributed by atoms with Gasteiger partial charge < -0.3 is 10.6 Å². The van der Waals surface area contributed by atoms with Crippen molar-refractivity contribution < 1.29 is 4.79 Å². The Morgan fingerprint density at radius 2 is 2.10 bits per heavy atom. The molecule has 0 atom stereocenters. The molecule has 4 heteroatoms. The average molecular weight is 269 g/mol. The van der Waals surface area contributed by atoms with Crippen LogP contribution in [0.2, 0.25) is 0 Å². The number of carbonyl (C=O) groups excluding carboxylic acids is 1. The molecule has 0 aliphatic carbocycles. The van der Waals surface area contributed by atoms with Crippen molar-refractivity contribution >= 4 is 11.6 Å². The quantitative estimate of drug-likeness (QED) is 0.877. The molecule has 104 valence electrons. The van der Waals surface area contributed by atoms with Crippen molar-refractivity contribution in [1.29, 1.82) is 0 Å². The number of nitrogens with zero attached hydrogens (tertiary/aromatic N) is 1. The van der Waals surface area contributed by atoms with Crippen molar-refractivity contribution in [2.45, 2.75) is 20.4 Å². The van der Waals surface area contributed by atoms with Crippen LogP contribution in [0, 0.1) is 6.92 Å². The molecule has 0 saturated carbocycles. The normalized spacial score (nSPS) is 10.3. The molecule has 0 fully saturated rings. The smallest absolute Gasteiger partial charge is 0.255 e. The predicted molar refractivity (Wildman–Crippen MR) is 80.7 cm³/mol. The van der Waals surface area contributed by atoms with Crippen LogP contribution in [0.4, 0.5) is 5.69 Å². The van der Waals surface area contributed by atoms with Crippen molar-refractivity contribution in [3.05, 3.63) is 59.4 Å². The van der Waals surface area contributed by atoms with Gasteiger partial charge >= 0.3 is 0 Å². The second-order valence-electron chi connectivity index (χ2n) is 4.62. The molecule has 0 unspecified atom stereocenters. The van der Waals surface area contributed by atoms with E-state index < -0.39 is 0 Å². The number of aryl methyl sites for hydroxylation is 1. The molecule has 0 radical (unpaired) electrons. The fourth-order valence-corrected chi connectivity index (χ4v) is 1.92. The van der Waals surface area contributed by atoms with Crippen LogP contribution in [0.15, 0.2) is 42.6 Å². The Balaban J connectivity index is 2.07. The summed E-state index contributed by atoms with van der Waals surface area (Å²) in [5, 5.41) is 6.17. The molecule has 2 N–H and O–H groups in total. The van der Waals surface area contributed by atoms with Crippen LogP contribution >= 0.6 is 0 Å². The van der Waals surface area contributed by atoms with Gasteiger partial charge in [-0.05, 0) is 43.3 Å². The van der Waals surface area contributed by atoms with Crippen molar-refractivity contribution in [1.82, 2.24) is 10.3 Å². The van der Waals surface area contributed by atoms with Crippen molar-refractivity contribution in [3.8, 4) is 0 Å². The number of rotatable bonds is 5. The molecule has 20 heavy (non-hydrogen) atoms. The van der Waals surface area contributed by atoms with Gasteiger partial charge in [0.2, 0.25) is 0 Å². The summed E-state index contributed by atoms with van der Waals surface area (Å²) in [6, 6.07) is 11.3. The number of carbonyl (C=O) groups is 1. The molecule has 1 amide bonds. The largest absolute Gasteiger partial charge is 0.322 e. The summed E-state index contributed by atoms with van der Waals surface area (Å²) in [7, 11) is 0. The number of benzene rings is 1. The van der Waals surface area contributed by atoms with E-state index in [0.717, 1.165) is 30.0 Å². The third kappa shape index (κ3) is 3.90. The summed E-state index contributed by atoms with van der Waals surface area (Å²) in [5.41, 5.74) is 3.41. The predicted octanol–water partition coefficient (Wildman–Crippen LogP) is 2.75. The molecule has 1 aromatic carbocycles. The standard InChI is InChI=1S/C16H19N3O/c1-3-17-11-13-5-4-6-15(10-13)19-16(20)14-7-8-18-12(2)9-14/h4-10,17H,3,11H2,1-2H3,(H,19,20). The molecule has 0 aliphatic heterocycles. The van der Waals surface area contributed by atoms with Crippen molar-refractivity contribution in [3.63, 3.8) is 0 Å². The van der Waals surface area contributed by atoms with E-state index >= 15 is 0 Å². The Morgan fingerprint density at radius 3 is 2.85 bits per heavy atom. The lowest BCUT2D eigenvalue weighted by Crippen LogP contribution is -2.14. The highest BCUT2D eigenvalue weighted by atomic mass is 16.1. The zero-order valence-corrected chi connectivity index (χ0v) is 11.8. The highest BCUT2D eigenvalue weighted by Gasteiger charge is 2.06. The Bertz CT molecular complexity index is 596. The van der Waals surface area contributed by atoms with Crippen LogP contribution in [-0.2, 0) is 6.54 Å². The maximum atomic E-state index is 12.1. The molecule has 2 aromatic rings. The SMILES string of the molecule is CCNCc1cccc(NC(=O)c2ccnc(C)c2)c1. The Kier molecular flexibility index (Phi) is 4.85. The van der Waals surface area contributed by atoms with Gasteiger partial charge in [-0.1, -0.05) is 19.1 Å². The second kappa shape index (κ2) is 6.82. The summed E-state index contributed by atoms with van der Waals surface area (Å²) >= 11 is 0. The van der Waals surface area contributed by atoms with Gasteiger partial charge in [0.1, 0.15) is 0 Å². The van der Waals surface area contributed by atoms with Crippen LogP contribution in [0.5, 0.6) is 0 Å². The van der Waals surface area contributed by atoms with E-state index in [0.29, 0.717) is 5.56 Å². The van der Waals surface area contributed by atoms with Crippen molar-refractivity contribution in [2.75, 3.05) is 11.9 Å². The van der Waals surface area contributed by atoms with Crippen LogP contribution in [0.1, 0.15) is 28.5 Å². The van der Waals surface area contributed by atoms with Gasteiger partial charge in [0.15, 0.2) is 0 Å². The average Bonchev–Trinajstić information content (AvgIpc) is 2.45. The molecule has 2 rings (SSSR count). The topological polar surface area (TPSA) is 54.0 Å². The summed E-state index contributed by atoms with van der Waals surface area (Å²) in [4.78, 5) is 16.2. The van der Waals surface area contributed by atoms with Gasteiger partial charge in [-0.3, -0.25) is 9.78 Å². The van der Waals surface area contributed by atoms with Gasteiger partial charge in [0, 0.05) is 29.7 Å². The number of amides is 1. The molecule has 0 aliphatic rings. The summed E-state index contributed by atoms with van der Waals surface area (Å²) in [6.07, 6.45) is 1.64. The Morgan fingerprint density at radius 1 is 1.25 bits per heavy atom. The number of nitrogens with one attached hydrogen (secondary N) is 2. The zero-order valence-electron chi connectivity index (χ0n) is 11.8. The first-order valence-corrected chi connectivity index (χ1v) is 6.72. The van der Waals surface area contributed by atoms with E-state index in [1.54, 1.807) is 18.3 Å². The maximum Gasteiger partial charge on any atom is 0.255 e. The van der Waals surface area contributed by atoms with E-state index in [9.17, 15) is 4.79 Å². The van der Waals surface area contributed by atoms with E-state index in [4.69, 9.17) is 0 Å². The first kappa shape index (κ1) is 14.2. The lowest BCUT2D eigenvalue weighted by Gasteiger charge is -2.08. The van der Waals surface area contributed by atoms with Gasteiger partial charge in [0.25, 0.3) is 5.91 Å². The minimum atomic E-state index is -0.115. The van der Waals surface area contributed by atoms with Gasteiger partial charge in [-0.25, -0.2) is 0 Å². The van der Waals surface area contributed by atoms with Gasteiger partial charge in [-0.2, -0.15) is 0 Å². The van der Waals surface area contributed by atoms with E-state index in [2.05, 4.69) is 22.5 Å². The number of anilines is 1. The van der Waals surface area contributed by atoms with Gasteiger partial charge in [0.05, 0.1) is 0 Å². The number of aromatic nitrogens is 1. The lowest BCUT2D eigenvalue weighted by atomic mass is 10.1. The Hall–Kier alpha value is -2.20. The summed E-state index contributed by atoms with van der Waals surface area (Å²) in [6.45, 7) is 5.66. The molecule has 0 saturated heterocycles. The second-order valence-corrected chi connectivity index (χ2v) is 4.62. The fraction of sp³-hybridized carbons (Fsp3) is 0.250. The zero-order chi connectivity index (χ0) is 14.4. The van der Waals surface area contributed by atoms with Gasteiger partial charge in [-0.15, -0.1) is 0 Å². The van der Waals surface area contributed by atoms with Crippen LogP contribution < -0.4 is 10.6 Å². The van der Waals surface area contributed by atoms with E-state index in [1.165, 1.54) is 0 Å². The maximum absolute atomic E-state index is 12.1. The molecule has 0 bridgehead atoms. The number of hydrogen-bond donors (Lipinski definition) is 2. The van der Waals surface area contributed by atoms with E-state index in [1.807, 2.05) is 31.2 Å². The van der Waals surface area contributed by atoms with Crippen LogP contribution in [-0.4, -0.2) is 17.4 Å². The molecular weight excluding hydrogens is 250 g/mol. The first-order chi connectivity index (χ1) is 9.69. The minimum absolute atomic E-state index is 0.115. The Labute approximate surface area is 119 Å². The molecule has 1 heterocycles. The molecule has 0 spiro atoms. The highest BCUT2D eigenvalue weighted by molar-refractivity contribution is 6.04. The molecular formula is C16H19N3O. The minimum Gasteiger partial charge on any atom is -0.322 e. The third-order valence-electron chi connectivity index (χ3n) is 2.92. The van der Waals surface area contributed by atoms with E-state index in [-0.39, 0.29) is 5.91 Å². The molecule has 1 aromatic heterocycles. The van der Waals surface area contributed by atoms with Crippen LogP contribution in [0.25, 0.3) is 0 Å². The summed E-state index contributed by atoms with van der Waals surface area (Å²) < 4.78 is 0. The fourth-order valence-electron chi connectivity index (χ4n) is 1.92. The number of pyridine rings is 1. The van der Waals surface area contributed by atoms with Crippen LogP contribution in [0.3, 0.4) is 0 Å². The summed E-state index contributed by atoms with van der Waals surface area (Å²) in [5.74, 6) is -0.115. The lowest BCUT2D eigenvalue weighted by molar-refractivity contribution is 0.102. The molecule has 4 nitrogen and oxygen atoms in total.